The van der Waals surface area contributed by atoms with Crippen molar-refractivity contribution >= 4 is 40.4 Å². The first kappa shape index (κ1) is 17.4. The minimum atomic E-state index is -0.651. The summed E-state index contributed by atoms with van der Waals surface area (Å²) in [5, 5.41) is 3.33. The average molecular weight is 381 g/mol. The highest BCUT2D eigenvalue weighted by atomic mass is 35.5. The van der Waals surface area contributed by atoms with Gasteiger partial charge in [-0.2, -0.15) is 0 Å². The van der Waals surface area contributed by atoms with Gasteiger partial charge >= 0.3 is 0 Å². The summed E-state index contributed by atoms with van der Waals surface area (Å²) in [6.45, 7) is 1.75. The normalized spacial score (nSPS) is 10.8. The molecule has 1 heterocycles. The number of hydrogen-bond donors (Lipinski definition) is 2. The molecule has 0 radical (unpaired) electrons. The van der Waals surface area contributed by atoms with Crippen LogP contribution in [-0.2, 0) is 0 Å². The van der Waals surface area contributed by atoms with E-state index in [1.165, 1.54) is 30.6 Å². The number of benzene rings is 2. The van der Waals surface area contributed by atoms with Gasteiger partial charge < -0.3 is 11.1 Å². The molecule has 0 spiro atoms. The summed E-state index contributed by atoms with van der Waals surface area (Å²) in [7, 11) is 0. The van der Waals surface area contributed by atoms with E-state index >= 15 is 0 Å². The van der Waals surface area contributed by atoms with Crippen LogP contribution in [0.5, 0.6) is 0 Å². The molecule has 0 saturated heterocycles. The maximum atomic E-state index is 13.8. The van der Waals surface area contributed by atoms with Crippen LogP contribution in [0.2, 0.25) is 10.0 Å². The van der Waals surface area contributed by atoms with Crippen LogP contribution in [0.1, 0.15) is 5.69 Å². The molecule has 128 valence electrons. The van der Waals surface area contributed by atoms with Crippen LogP contribution in [0.3, 0.4) is 0 Å². The zero-order chi connectivity index (χ0) is 18.1. The first-order chi connectivity index (χ1) is 11.9. The van der Waals surface area contributed by atoms with Crippen LogP contribution < -0.4 is 11.1 Å². The van der Waals surface area contributed by atoms with Gasteiger partial charge in [-0.3, -0.25) is 0 Å². The number of hydrogen-bond acceptors (Lipinski definition) is 4. The Morgan fingerprint density at radius 2 is 1.84 bits per heavy atom. The number of aromatic nitrogens is 2. The summed E-state index contributed by atoms with van der Waals surface area (Å²) < 4.78 is 27.2. The molecule has 3 aromatic rings. The van der Waals surface area contributed by atoms with Crippen molar-refractivity contribution in [3.8, 4) is 11.1 Å². The van der Waals surface area contributed by atoms with Crippen molar-refractivity contribution in [1.82, 2.24) is 9.97 Å². The highest BCUT2D eigenvalue weighted by Crippen LogP contribution is 2.37. The van der Waals surface area contributed by atoms with Gasteiger partial charge in [-0.1, -0.05) is 23.2 Å². The number of nitrogens with one attached hydrogen (secondary N) is 1. The lowest BCUT2D eigenvalue weighted by Gasteiger charge is -2.15. The highest BCUT2D eigenvalue weighted by Gasteiger charge is 2.16. The number of rotatable bonds is 3. The van der Waals surface area contributed by atoms with Gasteiger partial charge in [0.25, 0.3) is 0 Å². The molecule has 0 unspecified atom stereocenters. The topological polar surface area (TPSA) is 63.8 Å². The van der Waals surface area contributed by atoms with E-state index in [2.05, 4.69) is 15.3 Å². The Morgan fingerprint density at radius 3 is 2.56 bits per heavy atom. The van der Waals surface area contributed by atoms with Crippen LogP contribution >= 0.6 is 23.2 Å². The monoisotopic (exact) mass is 380 g/mol. The molecule has 0 aliphatic heterocycles. The van der Waals surface area contributed by atoms with E-state index in [1.54, 1.807) is 6.92 Å². The molecule has 0 atom stereocenters. The molecule has 0 fully saturated rings. The fourth-order valence-corrected chi connectivity index (χ4v) is 2.87. The van der Waals surface area contributed by atoms with Crippen LogP contribution in [0.4, 0.5) is 26.0 Å². The smallest absolute Gasteiger partial charge is 0.149 e. The molecular formula is C17H12Cl2F2N4. The van der Waals surface area contributed by atoms with Gasteiger partial charge in [0.05, 0.1) is 22.1 Å². The number of halogens is 4. The van der Waals surface area contributed by atoms with Gasteiger partial charge in [0.2, 0.25) is 0 Å². The van der Waals surface area contributed by atoms with Crippen LogP contribution in [0, 0.1) is 18.6 Å². The summed E-state index contributed by atoms with van der Waals surface area (Å²) in [5.74, 6) is -0.768. The largest absolute Gasteiger partial charge is 0.395 e. The van der Waals surface area contributed by atoms with Crippen molar-refractivity contribution < 1.29 is 8.78 Å². The third kappa shape index (κ3) is 3.50. The first-order valence-corrected chi connectivity index (χ1v) is 7.91. The molecule has 3 N–H and O–H groups in total. The molecule has 8 heteroatoms. The van der Waals surface area contributed by atoms with Gasteiger partial charge in [-0.05, 0) is 37.3 Å². The SMILES string of the molecule is Cc1ncnc(Nc2cc(Cl)cc(F)c2N)c1-c1ccc(F)cc1Cl. The van der Waals surface area contributed by atoms with E-state index in [9.17, 15) is 8.78 Å². The number of nitrogens with two attached hydrogens (primary N) is 1. The standard InChI is InChI=1S/C17H12Cl2F2N4/c1-8-15(11-3-2-10(20)6-12(11)19)17(24-7-23-8)25-14-5-9(18)4-13(21)16(14)22/h2-7H,22H2,1H3,(H,23,24,25). The Balaban J connectivity index is 2.14. The zero-order valence-corrected chi connectivity index (χ0v) is 14.5. The van der Waals surface area contributed by atoms with Gasteiger partial charge in [0.15, 0.2) is 0 Å². The molecule has 2 aromatic carbocycles. The quantitative estimate of drug-likeness (QED) is 0.600. The summed E-state index contributed by atoms with van der Waals surface area (Å²) in [6.07, 6.45) is 1.34. The zero-order valence-electron chi connectivity index (χ0n) is 12.9. The summed E-state index contributed by atoms with van der Waals surface area (Å²) >= 11 is 12.1. The number of anilines is 3. The molecule has 0 bridgehead atoms. The molecule has 0 aliphatic rings. The summed E-state index contributed by atoms with van der Waals surface area (Å²) in [4.78, 5) is 8.32. The molecule has 25 heavy (non-hydrogen) atoms. The van der Waals surface area contributed by atoms with E-state index in [0.29, 0.717) is 22.6 Å². The Labute approximate surface area is 152 Å². The van der Waals surface area contributed by atoms with Crippen molar-refractivity contribution in [2.75, 3.05) is 11.1 Å². The predicted molar refractivity (Wildman–Crippen MR) is 96.3 cm³/mol. The van der Waals surface area contributed by atoms with Crippen molar-refractivity contribution in [1.29, 1.82) is 0 Å². The fourth-order valence-electron chi connectivity index (χ4n) is 2.40. The van der Waals surface area contributed by atoms with Crippen LogP contribution in [0.15, 0.2) is 36.7 Å². The van der Waals surface area contributed by atoms with Crippen molar-refractivity contribution in [2.24, 2.45) is 0 Å². The van der Waals surface area contributed by atoms with E-state index in [4.69, 9.17) is 28.9 Å². The predicted octanol–water partition coefficient (Wildman–Crippen LogP) is 5.36. The number of nitrogen functional groups attached to an aromatic ring is 1. The van der Waals surface area contributed by atoms with E-state index in [1.807, 2.05) is 0 Å². The second kappa shape index (κ2) is 6.82. The molecule has 1 aromatic heterocycles. The first-order valence-electron chi connectivity index (χ1n) is 7.15. The van der Waals surface area contributed by atoms with Gasteiger partial charge in [0, 0.05) is 16.1 Å². The molecule has 0 saturated carbocycles. The fraction of sp³-hybridized carbons (Fsp3) is 0.0588. The second-order valence-corrected chi connectivity index (χ2v) is 6.12. The molecule has 0 amide bonds. The highest BCUT2D eigenvalue weighted by molar-refractivity contribution is 6.33. The Morgan fingerprint density at radius 1 is 1.08 bits per heavy atom. The van der Waals surface area contributed by atoms with Crippen LogP contribution in [-0.4, -0.2) is 9.97 Å². The maximum Gasteiger partial charge on any atom is 0.149 e. The maximum absolute atomic E-state index is 13.8. The minimum absolute atomic E-state index is 0.100. The van der Waals surface area contributed by atoms with Crippen LogP contribution in [0.25, 0.3) is 11.1 Å². The Kier molecular flexibility index (Phi) is 4.74. The molecular weight excluding hydrogens is 369 g/mol. The summed E-state index contributed by atoms with van der Waals surface area (Å²) in [6, 6.07) is 6.60. The van der Waals surface area contributed by atoms with E-state index < -0.39 is 11.6 Å². The lowest BCUT2D eigenvalue weighted by Crippen LogP contribution is -2.04. The van der Waals surface area contributed by atoms with E-state index in [0.717, 1.165) is 6.07 Å². The third-order valence-corrected chi connectivity index (χ3v) is 4.12. The number of aryl methyl sites for hydroxylation is 1. The third-order valence-electron chi connectivity index (χ3n) is 3.58. The van der Waals surface area contributed by atoms with Crippen molar-refractivity contribution in [3.05, 3.63) is 64.0 Å². The van der Waals surface area contributed by atoms with Crippen molar-refractivity contribution in [3.63, 3.8) is 0 Å². The lowest BCUT2D eigenvalue weighted by atomic mass is 10.0. The van der Waals surface area contributed by atoms with Gasteiger partial charge in [0.1, 0.15) is 23.8 Å². The van der Waals surface area contributed by atoms with Gasteiger partial charge in [-0.15, -0.1) is 0 Å². The molecule has 4 nitrogen and oxygen atoms in total. The Hall–Kier alpha value is -2.44. The molecule has 3 rings (SSSR count). The number of nitrogens with zero attached hydrogens (tertiary/aromatic N) is 2. The Bertz CT molecular complexity index is 964. The van der Waals surface area contributed by atoms with Gasteiger partial charge in [-0.25, -0.2) is 18.7 Å². The second-order valence-electron chi connectivity index (χ2n) is 5.28. The molecule has 0 aliphatic carbocycles. The average Bonchev–Trinajstić information content (AvgIpc) is 2.53. The minimum Gasteiger partial charge on any atom is -0.395 e. The van der Waals surface area contributed by atoms with E-state index in [-0.39, 0.29) is 21.4 Å². The summed E-state index contributed by atoms with van der Waals surface area (Å²) in [5.41, 5.74) is 7.60. The van der Waals surface area contributed by atoms with Crippen molar-refractivity contribution in [2.45, 2.75) is 6.92 Å². The lowest BCUT2D eigenvalue weighted by molar-refractivity contribution is 0.628.